The van der Waals surface area contributed by atoms with Crippen molar-refractivity contribution in [2.24, 2.45) is 0 Å². The molecule has 5 rings (SSSR count). The molecule has 0 aromatic heterocycles. The van der Waals surface area contributed by atoms with E-state index in [-0.39, 0.29) is 35.4 Å². The fraction of sp³-hybridized carbons (Fsp3) is 0.379. The predicted molar refractivity (Wildman–Crippen MR) is 151 cm³/mol. The van der Waals surface area contributed by atoms with Crippen molar-refractivity contribution in [1.29, 1.82) is 0 Å². The van der Waals surface area contributed by atoms with Crippen LogP contribution >= 0.6 is 0 Å². The molecule has 2 atom stereocenters. The van der Waals surface area contributed by atoms with E-state index >= 15 is 0 Å². The molecule has 0 radical (unpaired) electrons. The van der Waals surface area contributed by atoms with Crippen LogP contribution in [0.4, 0.5) is 11.4 Å². The molecule has 0 fully saturated rings. The van der Waals surface area contributed by atoms with Gasteiger partial charge in [-0.1, -0.05) is 24.3 Å². The Morgan fingerprint density at radius 2 is 1.82 bits per heavy atom. The first kappa shape index (κ1) is 27.9. The van der Waals surface area contributed by atoms with Gasteiger partial charge in [0, 0.05) is 49.8 Å². The first-order valence-corrected chi connectivity index (χ1v) is 14.6. The number of benzene rings is 2. The fourth-order valence-electron chi connectivity index (χ4n) is 5.56. The molecule has 0 spiro atoms. The lowest BCUT2D eigenvalue weighted by Gasteiger charge is -2.31. The van der Waals surface area contributed by atoms with Gasteiger partial charge in [0.25, 0.3) is 0 Å². The van der Waals surface area contributed by atoms with Gasteiger partial charge in [-0.15, -0.1) is 0 Å². The number of nitrogens with one attached hydrogen (secondary N) is 1. The second-order valence-corrected chi connectivity index (χ2v) is 11.7. The summed E-state index contributed by atoms with van der Waals surface area (Å²) in [5, 5.41) is 2.97. The molecule has 2 unspecified atom stereocenters. The van der Waals surface area contributed by atoms with Crippen LogP contribution in [-0.2, 0) is 24.3 Å². The molecule has 0 saturated heterocycles. The van der Waals surface area contributed by atoms with Crippen molar-refractivity contribution in [3.05, 3.63) is 59.7 Å². The number of hydrogen-bond donors (Lipinski definition) is 1. The normalized spacial score (nSPS) is 20.0. The quantitative estimate of drug-likeness (QED) is 0.345. The molecule has 40 heavy (non-hydrogen) atoms. The van der Waals surface area contributed by atoms with E-state index in [0.717, 1.165) is 23.2 Å². The zero-order valence-electron chi connectivity index (χ0n) is 22.8. The highest BCUT2D eigenvalue weighted by molar-refractivity contribution is 7.89. The highest BCUT2D eigenvalue weighted by atomic mass is 32.2. The molecule has 2 aliphatic heterocycles. The summed E-state index contributed by atoms with van der Waals surface area (Å²) in [6, 6.07) is 7.04. The Kier molecular flexibility index (Phi) is 7.97. The van der Waals surface area contributed by atoms with E-state index in [2.05, 4.69) is 5.32 Å². The predicted octanol–water partition coefficient (Wildman–Crippen LogP) is 3.55. The maximum atomic E-state index is 13.7. The van der Waals surface area contributed by atoms with Gasteiger partial charge in [0.2, 0.25) is 21.8 Å². The molecular formula is C29H33N3O7S. The molecule has 1 aliphatic carbocycles. The summed E-state index contributed by atoms with van der Waals surface area (Å²) < 4.78 is 44.2. The molecule has 3 aliphatic rings. The van der Waals surface area contributed by atoms with Gasteiger partial charge in [0.15, 0.2) is 11.5 Å². The number of methoxy groups -OCH3 is 3. The smallest absolute Gasteiger partial charge is 0.244 e. The Hall–Kier alpha value is -3.67. The fourth-order valence-corrected chi connectivity index (χ4v) is 7.13. The number of sulfonamides is 1. The first-order valence-electron chi connectivity index (χ1n) is 13.1. The molecule has 0 bridgehead atoms. The minimum absolute atomic E-state index is 0.00345. The summed E-state index contributed by atoms with van der Waals surface area (Å²) in [7, 11) is 0.496. The van der Waals surface area contributed by atoms with Crippen LogP contribution in [0.3, 0.4) is 0 Å². The average Bonchev–Trinajstić information content (AvgIpc) is 3.25. The Morgan fingerprint density at radius 1 is 1.02 bits per heavy atom. The van der Waals surface area contributed by atoms with Crippen molar-refractivity contribution in [3.63, 3.8) is 0 Å². The number of rotatable bonds is 10. The zero-order valence-corrected chi connectivity index (χ0v) is 23.6. The lowest BCUT2D eigenvalue weighted by atomic mass is 9.87. The van der Waals surface area contributed by atoms with Gasteiger partial charge in [-0.25, -0.2) is 8.42 Å². The van der Waals surface area contributed by atoms with Crippen molar-refractivity contribution in [2.75, 3.05) is 51.2 Å². The molecular weight excluding hydrogens is 534 g/mol. The monoisotopic (exact) mass is 567 g/mol. The van der Waals surface area contributed by atoms with Gasteiger partial charge in [-0.2, -0.15) is 4.31 Å². The molecule has 2 aromatic rings. The summed E-state index contributed by atoms with van der Waals surface area (Å²) in [4.78, 5) is 28.6. The van der Waals surface area contributed by atoms with Crippen LogP contribution in [0.25, 0.3) is 6.08 Å². The third kappa shape index (κ3) is 4.89. The number of allylic oxidation sites excluding steroid dienone is 1. The third-order valence-electron chi connectivity index (χ3n) is 7.54. The van der Waals surface area contributed by atoms with Crippen LogP contribution in [0.1, 0.15) is 36.3 Å². The highest BCUT2D eigenvalue weighted by Gasteiger charge is 2.41. The van der Waals surface area contributed by atoms with E-state index < -0.39 is 22.0 Å². The zero-order chi connectivity index (χ0) is 28.4. The molecule has 2 amide bonds. The Morgan fingerprint density at radius 3 is 2.58 bits per heavy atom. The van der Waals surface area contributed by atoms with E-state index in [1.807, 2.05) is 24.3 Å². The van der Waals surface area contributed by atoms with Crippen LogP contribution in [0.5, 0.6) is 11.5 Å². The third-order valence-corrected chi connectivity index (χ3v) is 9.41. The Bertz CT molecular complexity index is 1480. The summed E-state index contributed by atoms with van der Waals surface area (Å²) in [5.74, 6) is -0.0105. The molecule has 1 N–H and O–H groups in total. The van der Waals surface area contributed by atoms with Gasteiger partial charge in [0.1, 0.15) is 6.04 Å². The van der Waals surface area contributed by atoms with Crippen LogP contribution in [0.15, 0.2) is 53.5 Å². The number of ether oxygens (including phenoxy) is 3. The minimum atomic E-state index is -4.04. The van der Waals surface area contributed by atoms with Crippen molar-refractivity contribution in [1.82, 2.24) is 4.31 Å². The first-order chi connectivity index (χ1) is 19.3. The van der Waals surface area contributed by atoms with Gasteiger partial charge in [0.05, 0.1) is 25.0 Å². The van der Waals surface area contributed by atoms with Crippen LogP contribution in [0, 0.1) is 0 Å². The topological polar surface area (TPSA) is 114 Å². The van der Waals surface area contributed by atoms with E-state index in [9.17, 15) is 18.0 Å². The molecule has 10 nitrogen and oxygen atoms in total. The molecule has 2 heterocycles. The lowest BCUT2D eigenvalue weighted by molar-refractivity contribution is -0.120. The Balaban J connectivity index is 1.42. The van der Waals surface area contributed by atoms with Gasteiger partial charge >= 0.3 is 0 Å². The van der Waals surface area contributed by atoms with Gasteiger partial charge in [-0.3, -0.25) is 9.59 Å². The van der Waals surface area contributed by atoms with Crippen LogP contribution in [-0.4, -0.2) is 71.6 Å². The van der Waals surface area contributed by atoms with Crippen LogP contribution < -0.4 is 19.7 Å². The maximum absolute atomic E-state index is 13.7. The Labute approximate surface area is 234 Å². The van der Waals surface area contributed by atoms with Crippen molar-refractivity contribution >= 4 is 39.3 Å². The average molecular weight is 568 g/mol. The largest absolute Gasteiger partial charge is 0.493 e. The lowest BCUT2D eigenvalue weighted by Crippen LogP contribution is -2.48. The van der Waals surface area contributed by atoms with Crippen LogP contribution in [0.2, 0.25) is 0 Å². The van der Waals surface area contributed by atoms with Crippen molar-refractivity contribution in [3.8, 4) is 11.5 Å². The standard InChI is InChI=1S/C29H33N3O7S/c1-37-17-7-15-31-23-13-12-22(20-8-6-9-21(27(20)23)29(31)34)30-28(33)24-10-4-5-16-32(24)40(35,36)19-11-14-25(38-2)26(18-19)39-3/h4-6,8,11-14,18,21,24H,7,9-10,15-17H2,1-3H3,(H,30,33). The second-order valence-electron chi connectivity index (χ2n) is 9.79. The number of amides is 2. The van der Waals surface area contributed by atoms with E-state index in [1.54, 1.807) is 24.2 Å². The summed E-state index contributed by atoms with van der Waals surface area (Å²) >= 11 is 0. The van der Waals surface area contributed by atoms with Crippen molar-refractivity contribution < 1.29 is 32.2 Å². The second kappa shape index (κ2) is 11.4. The van der Waals surface area contributed by atoms with Crippen molar-refractivity contribution in [2.45, 2.75) is 36.1 Å². The number of carbonyl (C=O) groups excluding carboxylic acids is 2. The number of carbonyl (C=O) groups is 2. The molecule has 212 valence electrons. The number of anilines is 2. The van der Waals surface area contributed by atoms with Gasteiger partial charge in [-0.05, 0) is 49.1 Å². The van der Waals surface area contributed by atoms with E-state index in [0.29, 0.717) is 31.0 Å². The van der Waals surface area contributed by atoms with E-state index in [4.69, 9.17) is 14.2 Å². The summed E-state index contributed by atoms with van der Waals surface area (Å²) in [6.45, 7) is 1.17. The van der Waals surface area contributed by atoms with Gasteiger partial charge < -0.3 is 24.4 Å². The maximum Gasteiger partial charge on any atom is 0.244 e. The highest BCUT2D eigenvalue weighted by Crippen LogP contribution is 2.47. The molecule has 11 heteroatoms. The summed E-state index contributed by atoms with van der Waals surface area (Å²) in [6.07, 6.45) is 8.96. The van der Waals surface area contributed by atoms with E-state index in [1.165, 1.54) is 36.7 Å². The SMILES string of the molecule is COCCCN1C(=O)C2CC=Cc3c(NC(=O)C4CC=CCN4S(=O)(=O)c4ccc(OC)c(OC)c4)ccc1c32. The minimum Gasteiger partial charge on any atom is -0.493 e. The number of hydrogen-bond acceptors (Lipinski definition) is 7. The molecule has 0 saturated carbocycles. The number of nitrogens with zero attached hydrogens (tertiary/aromatic N) is 2. The molecule has 2 aromatic carbocycles. The summed E-state index contributed by atoms with van der Waals surface area (Å²) in [5.41, 5.74) is 3.09.